The third-order valence-electron chi connectivity index (χ3n) is 6.59. The third-order valence-corrected chi connectivity index (χ3v) is 7.58. The van der Waals surface area contributed by atoms with Crippen LogP contribution < -0.4 is 4.90 Å². The zero-order chi connectivity index (χ0) is 22.1. The number of imidazole rings is 1. The number of fused-ring (bicyclic) bond motifs is 1. The van der Waals surface area contributed by atoms with Crippen LogP contribution in [0.5, 0.6) is 0 Å². The zero-order valence-electron chi connectivity index (χ0n) is 18.4. The highest BCUT2D eigenvalue weighted by Gasteiger charge is 2.28. The summed E-state index contributed by atoms with van der Waals surface area (Å²) in [5, 5.41) is 5.66. The number of carbonyl (C=O) groups is 1. The van der Waals surface area contributed by atoms with Gasteiger partial charge in [-0.15, -0.1) is 5.10 Å². The molecule has 0 N–H and O–H groups in total. The number of piperazine rings is 1. The van der Waals surface area contributed by atoms with E-state index in [4.69, 9.17) is 5.10 Å². The van der Waals surface area contributed by atoms with Crippen molar-refractivity contribution in [1.82, 2.24) is 24.4 Å². The summed E-state index contributed by atoms with van der Waals surface area (Å²) in [6.45, 7) is 7.04. The standard InChI is InChI=1S/C23H29FN6OS/c1-2-19-5-3-4-10-29(19)21(31)16-27-11-13-28(14-12-27)23-26-30-15-20(25-22(30)32-23)17-6-8-18(24)9-7-17/h6-9,15,19H,2-5,10-14,16H2,1H3. The molecule has 0 bridgehead atoms. The first-order valence-electron chi connectivity index (χ1n) is 11.5. The SMILES string of the molecule is CCC1CCCCN1C(=O)CN1CCN(c2nn3cc(-c4ccc(F)cc4)nc3s2)CC1. The minimum atomic E-state index is -0.253. The molecule has 2 aliphatic rings. The minimum absolute atomic E-state index is 0.253. The van der Waals surface area contributed by atoms with Gasteiger partial charge in [-0.2, -0.15) is 0 Å². The van der Waals surface area contributed by atoms with Gasteiger partial charge in [0.15, 0.2) is 0 Å². The Bertz CT molecular complexity index is 1040. The smallest absolute Gasteiger partial charge is 0.236 e. The maximum atomic E-state index is 13.2. The lowest BCUT2D eigenvalue weighted by molar-refractivity contribution is -0.136. The summed E-state index contributed by atoms with van der Waals surface area (Å²) in [5.41, 5.74) is 1.67. The molecule has 2 aliphatic heterocycles. The Hall–Kier alpha value is -2.52. The van der Waals surface area contributed by atoms with Crippen molar-refractivity contribution in [2.24, 2.45) is 0 Å². The molecule has 4 heterocycles. The van der Waals surface area contributed by atoms with Crippen molar-refractivity contribution in [1.29, 1.82) is 0 Å². The monoisotopic (exact) mass is 456 g/mol. The van der Waals surface area contributed by atoms with Crippen molar-refractivity contribution < 1.29 is 9.18 Å². The number of aromatic nitrogens is 3. The van der Waals surface area contributed by atoms with E-state index < -0.39 is 0 Å². The number of halogens is 1. The Morgan fingerprint density at radius 1 is 1.12 bits per heavy atom. The fourth-order valence-corrected chi connectivity index (χ4v) is 5.64. The van der Waals surface area contributed by atoms with Gasteiger partial charge in [0.05, 0.1) is 18.4 Å². The summed E-state index contributed by atoms with van der Waals surface area (Å²) in [5.74, 6) is 0.0307. The van der Waals surface area contributed by atoms with Crippen LogP contribution in [0.15, 0.2) is 30.5 Å². The number of anilines is 1. The molecule has 7 nitrogen and oxygen atoms in total. The molecule has 1 amide bonds. The second kappa shape index (κ2) is 9.15. The van der Waals surface area contributed by atoms with Gasteiger partial charge in [0.25, 0.3) is 0 Å². The van der Waals surface area contributed by atoms with Crippen molar-refractivity contribution in [2.75, 3.05) is 44.2 Å². The fraction of sp³-hybridized carbons (Fsp3) is 0.522. The van der Waals surface area contributed by atoms with Crippen LogP contribution in [0.2, 0.25) is 0 Å². The van der Waals surface area contributed by atoms with Gasteiger partial charge in [-0.25, -0.2) is 13.9 Å². The molecular formula is C23H29FN6OS. The van der Waals surface area contributed by atoms with E-state index >= 15 is 0 Å². The maximum absolute atomic E-state index is 13.2. The Labute approximate surface area is 191 Å². The Morgan fingerprint density at radius 2 is 1.91 bits per heavy atom. The maximum Gasteiger partial charge on any atom is 0.236 e. The molecule has 2 aromatic heterocycles. The van der Waals surface area contributed by atoms with E-state index in [2.05, 4.69) is 26.6 Å². The third kappa shape index (κ3) is 4.36. The van der Waals surface area contributed by atoms with Gasteiger partial charge in [-0.3, -0.25) is 9.69 Å². The first-order valence-corrected chi connectivity index (χ1v) is 12.3. The van der Waals surface area contributed by atoms with Crippen LogP contribution in [0.25, 0.3) is 16.2 Å². The number of carbonyl (C=O) groups excluding carboxylic acids is 1. The highest BCUT2D eigenvalue weighted by Crippen LogP contribution is 2.27. The number of benzene rings is 1. The fourth-order valence-electron chi connectivity index (χ4n) is 4.71. The Morgan fingerprint density at radius 3 is 2.62 bits per heavy atom. The number of likely N-dealkylation sites (tertiary alicyclic amines) is 1. The molecule has 5 rings (SSSR count). The molecule has 0 radical (unpaired) electrons. The molecule has 9 heteroatoms. The van der Waals surface area contributed by atoms with Crippen molar-refractivity contribution >= 4 is 27.3 Å². The van der Waals surface area contributed by atoms with Gasteiger partial charge >= 0.3 is 0 Å². The molecule has 1 atom stereocenters. The van der Waals surface area contributed by atoms with Crippen LogP contribution in [0.1, 0.15) is 32.6 Å². The molecule has 32 heavy (non-hydrogen) atoms. The lowest BCUT2D eigenvalue weighted by atomic mass is 10.00. The molecule has 2 saturated heterocycles. The van der Waals surface area contributed by atoms with E-state index in [0.717, 1.165) is 73.3 Å². The second-order valence-electron chi connectivity index (χ2n) is 8.65. The molecule has 3 aromatic rings. The van der Waals surface area contributed by atoms with Crippen molar-refractivity contribution in [3.05, 3.63) is 36.3 Å². The predicted molar refractivity (Wildman–Crippen MR) is 125 cm³/mol. The average Bonchev–Trinajstić information content (AvgIpc) is 3.39. The van der Waals surface area contributed by atoms with Crippen LogP contribution in [-0.2, 0) is 4.79 Å². The van der Waals surface area contributed by atoms with E-state index in [1.165, 1.54) is 18.6 Å². The van der Waals surface area contributed by atoms with E-state index in [1.54, 1.807) is 28.0 Å². The first-order chi connectivity index (χ1) is 15.6. The van der Waals surface area contributed by atoms with Gasteiger partial charge < -0.3 is 9.80 Å². The van der Waals surface area contributed by atoms with Gasteiger partial charge in [0, 0.05) is 44.3 Å². The van der Waals surface area contributed by atoms with Gasteiger partial charge in [-0.05, 0) is 49.9 Å². The lowest BCUT2D eigenvalue weighted by Crippen LogP contribution is -2.52. The van der Waals surface area contributed by atoms with Gasteiger partial charge in [0.1, 0.15) is 5.82 Å². The van der Waals surface area contributed by atoms with Crippen molar-refractivity contribution in [3.8, 4) is 11.3 Å². The predicted octanol–water partition coefficient (Wildman–Crippen LogP) is 3.51. The number of piperidine rings is 1. The first kappa shape index (κ1) is 21.3. The van der Waals surface area contributed by atoms with Crippen LogP contribution >= 0.6 is 11.3 Å². The second-order valence-corrected chi connectivity index (χ2v) is 9.59. The number of hydrogen-bond donors (Lipinski definition) is 0. The van der Waals surface area contributed by atoms with Crippen molar-refractivity contribution in [3.63, 3.8) is 0 Å². The number of hydrogen-bond acceptors (Lipinski definition) is 6. The summed E-state index contributed by atoms with van der Waals surface area (Å²) in [6, 6.07) is 6.77. The molecular weight excluding hydrogens is 427 g/mol. The Kier molecular flexibility index (Phi) is 6.10. The number of rotatable bonds is 5. The molecule has 170 valence electrons. The molecule has 0 saturated carbocycles. The van der Waals surface area contributed by atoms with Crippen molar-refractivity contribution in [2.45, 2.75) is 38.6 Å². The Balaban J connectivity index is 1.18. The highest BCUT2D eigenvalue weighted by molar-refractivity contribution is 7.20. The zero-order valence-corrected chi connectivity index (χ0v) is 19.2. The molecule has 1 unspecified atom stereocenters. The molecule has 1 aromatic carbocycles. The molecule has 2 fully saturated rings. The summed E-state index contributed by atoms with van der Waals surface area (Å²) in [7, 11) is 0. The normalized spacial score (nSPS) is 20.2. The number of amides is 1. The number of nitrogens with zero attached hydrogens (tertiary/aromatic N) is 6. The largest absolute Gasteiger partial charge is 0.344 e. The molecule has 0 aliphatic carbocycles. The van der Waals surface area contributed by atoms with Crippen LogP contribution in [0, 0.1) is 5.82 Å². The van der Waals surface area contributed by atoms with E-state index in [0.29, 0.717) is 12.6 Å². The van der Waals surface area contributed by atoms with Gasteiger partial charge in [-0.1, -0.05) is 18.3 Å². The van der Waals surface area contributed by atoms with E-state index in [1.807, 2.05) is 6.20 Å². The van der Waals surface area contributed by atoms with Crippen LogP contribution in [0.3, 0.4) is 0 Å². The quantitative estimate of drug-likeness (QED) is 0.588. The summed E-state index contributed by atoms with van der Waals surface area (Å²) < 4.78 is 15.0. The van der Waals surface area contributed by atoms with E-state index in [-0.39, 0.29) is 11.7 Å². The molecule has 0 spiro atoms. The summed E-state index contributed by atoms with van der Waals surface area (Å²) in [4.78, 5) is 25.0. The van der Waals surface area contributed by atoms with Crippen LogP contribution in [0.4, 0.5) is 9.52 Å². The summed E-state index contributed by atoms with van der Waals surface area (Å²) in [6.07, 6.45) is 6.45. The highest BCUT2D eigenvalue weighted by atomic mass is 32.1. The topological polar surface area (TPSA) is 57.0 Å². The summed E-state index contributed by atoms with van der Waals surface area (Å²) >= 11 is 1.56. The van der Waals surface area contributed by atoms with Gasteiger partial charge in [0.2, 0.25) is 16.0 Å². The minimum Gasteiger partial charge on any atom is -0.344 e. The average molecular weight is 457 g/mol. The van der Waals surface area contributed by atoms with Crippen LogP contribution in [-0.4, -0.2) is 75.6 Å². The van der Waals surface area contributed by atoms with E-state index in [9.17, 15) is 9.18 Å². The lowest BCUT2D eigenvalue weighted by Gasteiger charge is -2.38.